The summed E-state index contributed by atoms with van der Waals surface area (Å²) in [5.41, 5.74) is 0. The molecule has 0 bridgehead atoms. The van der Waals surface area contributed by atoms with E-state index in [-0.39, 0.29) is 6.54 Å². The predicted molar refractivity (Wildman–Crippen MR) is 109 cm³/mol. The minimum Gasteiger partial charge on any atom is -0.477 e. The Morgan fingerprint density at radius 1 is 0.800 bits per heavy atom. The molecule has 0 atom stereocenters. The maximum absolute atomic E-state index is 10.8. The SMILES string of the molecule is CCCCC/C=C\C/C=C\CCCCCCCC[N+](C)(C)CC(=O)O. The van der Waals surface area contributed by atoms with Crippen molar-refractivity contribution in [3.63, 3.8) is 0 Å². The fraction of sp³-hybridized carbons (Fsp3) is 0.773. The predicted octanol–water partition coefficient (Wildman–Crippen LogP) is 5.96. The van der Waals surface area contributed by atoms with Crippen molar-refractivity contribution >= 4 is 5.97 Å². The fourth-order valence-electron chi connectivity index (χ4n) is 2.97. The van der Waals surface area contributed by atoms with Crippen LogP contribution < -0.4 is 0 Å². The zero-order valence-corrected chi connectivity index (χ0v) is 17.0. The summed E-state index contributed by atoms with van der Waals surface area (Å²) in [7, 11) is 4.00. The third kappa shape index (κ3) is 19.1. The highest BCUT2D eigenvalue weighted by Gasteiger charge is 2.18. The van der Waals surface area contributed by atoms with E-state index in [4.69, 9.17) is 5.11 Å². The number of carboxylic acids is 1. The van der Waals surface area contributed by atoms with E-state index < -0.39 is 5.97 Å². The van der Waals surface area contributed by atoms with Crippen LogP contribution in [0.5, 0.6) is 0 Å². The first-order chi connectivity index (χ1) is 12.0. The maximum atomic E-state index is 10.8. The lowest BCUT2D eigenvalue weighted by Gasteiger charge is -2.27. The summed E-state index contributed by atoms with van der Waals surface area (Å²) in [6.45, 7) is 3.43. The van der Waals surface area contributed by atoms with Crippen LogP contribution in [0.2, 0.25) is 0 Å². The van der Waals surface area contributed by atoms with E-state index in [0.29, 0.717) is 4.48 Å². The summed E-state index contributed by atoms with van der Waals surface area (Å²) in [6, 6.07) is 0. The molecule has 0 fully saturated rings. The third-order valence-corrected chi connectivity index (χ3v) is 4.53. The Kier molecular flexibility index (Phi) is 15.7. The molecule has 0 aromatic heterocycles. The van der Waals surface area contributed by atoms with Crippen molar-refractivity contribution in [2.24, 2.45) is 0 Å². The normalized spacial score (nSPS) is 12.4. The molecule has 0 radical (unpaired) electrons. The zero-order chi connectivity index (χ0) is 18.8. The minimum atomic E-state index is -0.704. The summed E-state index contributed by atoms with van der Waals surface area (Å²) in [6.07, 6.45) is 24.2. The monoisotopic (exact) mass is 352 g/mol. The van der Waals surface area contributed by atoms with Crippen LogP contribution in [0.4, 0.5) is 0 Å². The molecule has 0 aliphatic rings. The molecule has 3 heteroatoms. The Balaban J connectivity index is 3.36. The summed E-state index contributed by atoms with van der Waals surface area (Å²) < 4.78 is 0.590. The van der Waals surface area contributed by atoms with Crippen LogP contribution in [0, 0.1) is 0 Å². The number of aliphatic carboxylic acids is 1. The van der Waals surface area contributed by atoms with Crippen LogP contribution in [0.25, 0.3) is 0 Å². The van der Waals surface area contributed by atoms with Crippen molar-refractivity contribution in [2.45, 2.75) is 84.0 Å². The van der Waals surface area contributed by atoms with Crippen molar-refractivity contribution in [2.75, 3.05) is 27.2 Å². The number of allylic oxidation sites excluding steroid dienone is 4. The number of hydrogen-bond acceptors (Lipinski definition) is 1. The van der Waals surface area contributed by atoms with Crippen molar-refractivity contribution in [1.82, 2.24) is 0 Å². The Morgan fingerprint density at radius 2 is 1.32 bits per heavy atom. The molecule has 0 aromatic rings. The number of carboxylic acid groups (broad SMARTS) is 1. The van der Waals surface area contributed by atoms with E-state index in [1.807, 2.05) is 14.1 Å². The first-order valence-corrected chi connectivity index (χ1v) is 10.3. The highest BCUT2D eigenvalue weighted by atomic mass is 16.4. The summed E-state index contributed by atoms with van der Waals surface area (Å²) in [5.74, 6) is -0.704. The number of carbonyl (C=O) groups is 1. The van der Waals surface area contributed by atoms with Crippen molar-refractivity contribution in [1.29, 1.82) is 0 Å². The summed E-state index contributed by atoms with van der Waals surface area (Å²) in [4.78, 5) is 10.8. The largest absolute Gasteiger partial charge is 0.477 e. The molecule has 0 saturated heterocycles. The second-order valence-corrected chi connectivity index (χ2v) is 7.80. The van der Waals surface area contributed by atoms with E-state index in [1.54, 1.807) is 0 Å². The topological polar surface area (TPSA) is 37.3 Å². The van der Waals surface area contributed by atoms with E-state index in [9.17, 15) is 4.79 Å². The van der Waals surface area contributed by atoms with Gasteiger partial charge in [0.05, 0.1) is 20.6 Å². The Hall–Kier alpha value is -1.09. The number of nitrogens with zero attached hydrogens (tertiary/aromatic N) is 1. The van der Waals surface area contributed by atoms with Crippen molar-refractivity contribution in [3.05, 3.63) is 24.3 Å². The van der Waals surface area contributed by atoms with Crippen LogP contribution in [-0.4, -0.2) is 42.7 Å². The zero-order valence-electron chi connectivity index (χ0n) is 17.0. The molecule has 25 heavy (non-hydrogen) atoms. The second-order valence-electron chi connectivity index (χ2n) is 7.80. The average Bonchev–Trinajstić information content (AvgIpc) is 2.53. The van der Waals surface area contributed by atoms with Crippen molar-refractivity contribution < 1.29 is 14.4 Å². The van der Waals surface area contributed by atoms with Gasteiger partial charge >= 0.3 is 5.97 Å². The van der Waals surface area contributed by atoms with E-state index in [2.05, 4.69) is 31.2 Å². The molecule has 0 heterocycles. The van der Waals surface area contributed by atoms with Gasteiger partial charge in [0.15, 0.2) is 6.54 Å². The molecule has 3 nitrogen and oxygen atoms in total. The quantitative estimate of drug-likeness (QED) is 0.199. The first-order valence-electron chi connectivity index (χ1n) is 10.3. The van der Waals surface area contributed by atoms with Gasteiger partial charge in [-0.2, -0.15) is 0 Å². The lowest BCUT2D eigenvalue weighted by atomic mass is 10.1. The van der Waals surface area contributed by atoms with Crippen LogP contribution in [-0.2, 0) is 4.79 Å². The molecule has 0 aliphatic heterocycles. The Morgan fingerprint density at radius 3 is 1.88 bits per heavy atom. The lowest BCUT2D eigenvalue weighted by Crippen LogP contribution is -2.44. The summed E-state index contributed by atoms with van der Waals surface area (Å²) >= 11 is 0. The van der Waals surface area contributed by atoms with Crippen molar-refractivity contribution in [3.8, 4) is 0 Å². The second kappa shape index (κ2) is 16.4. The van der Waals surface area contributed by atoms with Crippen LogP contribution in [0.1, 0.15) is 84.0 Å². The molecule has 146 valence electrons. The van der Waals surface area contributed by atoms with Crippen LogP contribution in [0.3, 0.4) is 0 Å². The Bertz CT molecular complexity index is 372. The first kappa shape index (κ1) is 23.9. The van der Waals surface area contributed by atoms with Gasteiger partial charge in [0.1, 0.15) is 0 Å². The van der Waals surface area contributed by atoms with E-state index >= 15 is 0 Å². The molecule has 0 rings (SSSR count). The number of hydrogen-bond donors (Lipinski definition) is 1. The number of quaternary nitrogens is 1. The van der Waals surface area contributed by atoms with Gasteiger partial charge in [-0.25, -0.2) is 4.79 Å². The molecule has 0 aromatic carbocycles. The lowest BCUT2D eigenvalue weighted by molar-refractivity contribution is -0.883. The molecule has 0 spiro atoms. The van der Waals surface area contributed by atoms with Gasteiger partial charge in [0.2, 0.25) is 0 Å². The van der Waals surface area contributed by atoms with Gasteiger partial charge < -0.3 is 9.59 Å². The third-order valence-electron chi connectivity index (χ3n) is 4.53. The van der Waals surface area contributed by atoms with Gasteiger partial charge in [0.25, 0.3) is 0 Å². The molecule has 0 saturated carbocycles. The fourth-order valence-corrected chi connectivity index (χ4v) is 2.97. The van der Waals surface area contributed by atoms with E-state index in [1.165, 1.54) is 64.2 Å². The van der Waals surface area contributed by atoms with Gasteiger partial charge in [-0.15, -0.1) is 0 Å². The molecule has 0 unspecified atom stereocenters. The average molecular weight is 353 g/mol. The molecular formula is C22H42NO2+. The molecule has 1 N–H and O–H groups in total. The van der Waals surface area contributed by atoms with Gasteiger partial charge in [-0.05, 0) is 44.9 Å². The molecule has 0 aliphatic carbocycles. The van der Waals surface area contributed by atoms with Crippen LogP contribution in [0.15, 0.2) is 24.3 Å². The minimum absolute atomic E-state index is 0.222. The maximum Gasteiger partial charge on any atom is 0.359 e. The standard InChI is InChI=1S/C22H41NO2/c1-4-5-6-7-8-9-10-11-12-13-14-15-16-17-18-19-20-23(2,3)21-22(24)25/h8-9,11-12H,4-7,10,13-21H2,1-3H3/p+1/b9-8-,12-11-. The number of rotatable bonds is 17. The highest BCUT2D eigenvalue weighted by molar-refractivity contribution is 5.67. The van der Waals surface area contributed by atoms with Gasteiger partial charge in [0, 0.05) is 0 Å². The van der Waals surface area contributed by atoms with Gasteiger partial charge in [-0.3, -0.25) is 0 Å². The van der Waals surface area contributed by atoms with Gasteiger partial charge in [-0.1, -0.05) is 63.3 Å². The molecular weight excluding hydrogens is 310 g/mol. The smallest absolute Gasteiger partial charge is 0.359 e. The summed E-state index contributed by atoms with van der Waals surface area (Å²) in [5, 5.41) is 8.86. The number of likely N-dealkylation sites (N-methyl/N-ethyl adjacent to an activating group) is 1. The van der Waals surface area contributed by atoms with Crippen LogP contribution >= 0.6 is 0 Å². The Labute approximate surface area is 156 Å². The number of unbranched alkanes of at least 4 members (excludes halogenated alkanes) is 9. The van der Waals surface area contributed by atoms with E-state index in [0.717, 1.165) is 19.4 Å². The molecule has 0 amide bonds. The highest BCUT2D eigenvalue weighted by Crippen LogP contribution is 2.10.